The maximum absolute atomic E-state index is 6.34. The van der Waals surface area contributed by atoms with E-state index in [0.717, 1.165) is 54.0 Å². The summed E-state index contributed by atoms with van der Waals surface area (Å²) in [4.78, 5) is 13.6. The van der Waals surface area contributed by atoms with Crippen LogP contribution in [0.4, 0.5) is 22.9 Å². The van der Waals surface area contributed by atoms with Crippen LogP contribution in [-0.2, 0) is 13.0 Å². The number of aryl methyl sites for hydroxylation is 1. The second-order valence-electron chi connectivity index (χ2n) is 8.25. The van der Waals surface area contributed by atoms with E-state index in [1.807, 2.05) is 6.07 Å². The summed E-state index contributed by atoms with van der Waals surface area (Å²) in [6.45, 7) is 7.22. The number of aromatic nitrogens is 2. The molecule has 3 heterocycles. The van der Waals surface area contributed by atoms with Crippen LogP contribution in [0.15, 0.2) is 6.07 Å². The number of ether oxygens (including phenoxy) is 1. The number of rotatable bonds is 4. The predicted octanol–water partition coefficient (Wildman–Crippen LogP) is 1.88. The van der Waals surface area contributed by atoms with Gasteiger partial charge in [-0.15, -0.1) is 0 Å². The molecule has 0 amide bonds. The zero-order chi connectivity index (χ0) is 20.7. The molecule has 1 aromatic heterocycles. The van der Waals surface area contributed by atoms with Crippen LogP contribution in [0.5, 0.6) is 6.01 Å². The molecule has 1 aromatic carbocycles. The second-order valence-corrected chi connectivity index (χ2v) is 8.25. The van der Waals surface area contributed by atoms with Gasteiger partial charge >= 0.3 is 6.01 Å². The lowest BCUT2D eigenvalue weighted by atomic mass is 10.00. The Morgan fingerprint density at radius 1 is 1.17 bits per heavy atom. The molecule has 0 saturated carbocycles. The van der Waals surface area contributed by atoms with Crippen LogP contribution in [0.3, 0.4) is 0 Å². The van der Waals surface area contributed by atoms with Gasteiger partial charge in [-0.1, -0.05) is 0 Å². The number of nitrogens with zero attached hydrogens (tertiary/aromatic N) is 4. The number of nitrogen functional groups attached to an aromatic ring is 3. The third kappa shape index (κ3) is 3.64. The molecule has 156 valence electrons. The molecule has 1 fully saturated rings. The summed E-state index contributed by atoms with van der Waals surface area (Å²) < 4.78 is 5.93. The number of anilines is 4. The van der Waals surface area contributed by atoms with Gasteiger partial charge in [0.2, 0.25) is 0 Å². The van der Waals surface area contributed by atoms with E-state index in [1.165, 1.54) is 6.42 Å². The Bertz CT molecular complexity index is 904. The van der Waals surface area contributed by atoms with Gasteiger partial charge in [0.15, 0.2) is 0 Å². The second kappa shape index (κ2) is 7.59. The maximum Gasteiger partial charge on any atom is 0.318 e. The lowest BCUT2D eigenvalue weighted by Crippen LogP contribution is -2.34. The zero-order valence-corrected chi connectivity index (χ0v) is 17.5. The first kappa shape index (κ1) is 19.6. The maximum atomic E-state index is 6.34. The standard InChI is InChI=1S/C21H31N7O/c1-12-9-16(22)18(23)19(13(12)2)28-8-6-15-17(10-28)25-21(26-20(15)24)29-11-14-5-4-7-27(14)3/h9,14H,4-8,10-11,22-23H2,1-3H3,(H2,24,25,26)/t14-/m0/s1. The third-order valence-electron chi connectivity index (χ3n) is 6.35. The first-order valence-corrected chi connectivity index (χ1v) is 10.2. The number of likely N-dealkylation sites (N-methyl/N-ethyl adjacent to an activating group) is 1. The summed E-state index contributed by atoms with van der Waals surface area (Å²) in [6, 6.07) is 2.69. The van der Waals surface area contributed by atoms with Crippen molar-refractivity contribution in [2.24, 2.45) is 0 Å². The molecule has 1 saturated heterocycles. The van der Waals surface area contributed by atoms with Crippen molar-refractivity contribution in [3.63, 3.8) is 0 Å². The molecule has 0 unspecified atom stereocenters. The molecular formula is C21H31N7O. The minimum absolute atomic E-state index is 0.358. The summed E-state index contributed by atoms with van der Waals surface area (Å²) in [7, 11) is 2.13. The van der Waals surface area contributed by atoms with Crippen LogP contribution in [0.2, 0.25) is 0 Å². The van der Waals surface area contributed by atoms with Gasteiger partial charge in [-0.3, -0.25) is 0 Å². The Morgan fingerprint density at radius 2 is 1.97 bits per heavy atom. The van der Waals surface area contributed by atoms with Crippen LogP contribution in [0.25, 0.3) is 0 Å². The summed E-state index contributed by atoms with van der Waals surface area (Å²) in [5.41, 5.74) is 25.1. The normalized spacial score (nSPS) is 19.4. The fourth-order valence-corrected chi connectivity index (χ4v) is 4.40. The fourth-order valence-electron chi connectivity index (χ4n) is 4.40. The largest absolute Gasteiger partial charge is 0.462 e. The monoisotopic (exact) mass is 397 g/mol. The van der Waals surface area contributed by atoms with Gasteiger partial charge in [-0.05, 0) is 63.9 Å². The van der Waals surface area contributed by atoms with Crippen LogP contribution < -0.4 is 26.8 Å². The van der Waals surface area contributed by atoms with Gasteiger partial charge < -0.3 is 31.7 Å². The Labute approximate surface area is 172 Å². The van der Waals surface area contributed by atoms with Gasteiger partial charge in [-0.2, -0.15) is 9.97 Å². The molecule has 2 aliphatic heterocycles. The summed E-state index contributed by atoms with van der Waals surface area (Å²) in [6.07, 6.45) is 3.10. The SMILES string of the molecule is Cc1cc(N)c(N)c(N2CCc3c(N)nc(OC[C@@H]4CCCN4C)nc3C2)c1C. The first-order chi connectivity index (χ1) is 13.8. The molecule has 0 radical (unpaired) electrons. The van der Waals surface area contributed by atoms with Crippen LogP contribution in [0.1, 0.15) is 35.2 Å². The Hall–Kier alpha value is -2.74. The third-order valence-corrected chi connectivity index (χ3v) is 6.35. The lowest BCUT2D eigenvalue weighted by molar-refractivity contribution is 0.187. The van der Waals surface area contributed by atoms with Gasteiger partial charge in [0.25, 0.3) is 0 Å². The van der Waals surface area contributed by atoms with Crippen molar-refractivity contribution in [3.05, 3.63) is 28.5 Å². The van der Waals surface area contributed by atoms with E-state index in [1.54, 1.807) is 0 Å². The van der Waals surface area contributed by atoms with Crippen LogP contribution >= 0.6 is 0 Å². The van der Waals surface area contributed by atoms with Crippen molar-refractivity contribution in [1.29, 1.82) is 0 Å². The molecule has 2 aromatic rings. The van der Waals surface area contributed by atoms with E-state index < -0.39 is 0 Å². The van der Waals surface area contributed by atoms with Crippen LogP contribution in [-0.4, -0.2) is 47.7 Å². The van der Waals surface area contributed by atoms with Gasteiger partial charge in [0.1, 0.15) is 12.4 Å². The minimum atomic E-state index is 0.358. The number of benzene rings is 1. The van der Waals surface area contributed by atoms with Crippen molar-refractivity contribution >= 4 is 22.9 Å². The summed E-state index contributed by atoms with van der Waals surface area (Å²) in [5, 5.41) is 0. The molecule has 8 heteroatoms. The predicted molar refractivity (Wildman–Crippen MR) is 117 cm³/mol. The topological polar surface area (TPSA) is 120 Å². The van der Waals surface area contributed by atoms with E-state index in [9.17, 15) is 0 Å². The average Bonchev–Trinajstić information content (AvgIpc) is 3.10. The first-order valence-electron chi connectivity index (χ1n) is 10.2. The molecule has 29 heavy (non-hydrogen) atoms. The van der Waals surface area contributed by atoms with Gasteiger partial charge in [0, 0.05) is 18.2 Å². The summed E-state index contributed by atoms with van der Waals surface area (Å²) in [5.74, 6) is 0.512. The van der Waals surface area contributed by atoms with Crippen LogP contribution in [0, 0.1) is 13.8 Å². The highest BCUT2D eigenvalue weighted by atomic mass is 16.5. The highest BCUT2D eigenvalue weighted by molar-refractivity contribution is 5.83. The van der Waals surface area contributed by atoms with Gasteiger partial charge in [0.05, 0.1) is 29.3 Å². The Morgan fingerprint density at radius 3 is 2.69 bits per heavy atom. The van der Waals surface area contributed by atoms with Crippen molar-refractivity contribution in [2.45, 2.75) is 45.7 Å². The van der Waals surface area contributed by atoms with Crippen molar-refractivity contribution in [2.75, 3.05) is 48.8 Å². The number of hydrogen-bond acceptors (Lipinski definition) is 8. The molecular weight excluding hydrogens is 366 g/mol. The number of fused-ring (bicyclic) bond motifs is 1. The van der Waals surface area contributed by atoms with E-state index in [0.29, 0.717) is 42.4 Å². The molecule has 4 rings (SSSR count). The Balaban J connectivity index is 1.58. The highest BCUT2D eigenvalue weighted by Gasteiger charge is 2.26. The molecule has 0 aliphatic carbocycles. The molecule has 0 bridgehead atoms. The van der Waals surface area contributed by atoms with Gasteiger partial charge in [-0.25, -0.2) is 0 Å². The lowest BCUT2D eigenvalue weighted by Gasteiger charge is -2.33. The van der Waals surface area contributed by atoms with E-state index >= 15 is 0 Å². The average molecular weight is 398 g/mol. The molecule has 1 atom stereocenters. The molecule has 2 aliphatic rings. The quantitative estimate of drug-likeness (QED) is 0.669. The van der Waals surface area contributed by atoms with Crippen molar-refractivity contribution in [3.8, 4) is 6.01 Å². The smallest absolute Gasteiger partial charge is 0.318 e. The van der Waals surface area contributed by atoms with E-state index in [4.69, 9.17) is 26.9 Å². The molecule has 6 N–H and O–H groups in total. The number of likely N-dealkylation sites (tertiary alicyclic amines) is 1. The molecule has 0 spiro atoms. The Kier molecular flexibility index (Phi) is 5.12. The van der Waals surface area contributed by atoms with E-state index in [2.05, 4.69) is 35.7 Å². The number of hydrogen-bond donors (Lipinski definition) is 3. The number of nitrogens with two attached hydrogens (primary N) is 3. The molecule has 8 nitrogen and oxygen atoms in total. The summed E-state index contributed by atoms with van der Waals surface area (Å²) >= 11 is 0. The zero-order valence-electron chi connectivity index (χ0n) is 17.5. The van der Waals surface area contributed by atoms with Crippen molar-refractivity contribution < 1.29 is 4.74 Å². The highest BCUT2D eigenvalue weighted by Crippen LogP contribution is 2.37. The fraction of sp³-hybridized carbons (Fsp3) is 0.524. The van der Waals surface area contributed by atoms with Crippen molar-refractivity contribution in [1.82, 2.24) is 14.9 Å². The minimum Gasteiger partial charge on any atom is -0.462 e. The van der Waals surface area contributed by atoms with E-state index in [-0.39, 0.29) is 0 Å².